The summed E-state index contributed by atoms with van der Waals surface area (Å²) in [6, 6.07) is 8.37. The van der Waals surface area contributed by atoms with Gasteiger partial charge in [-0.05, 0) is 16.8 Å². The van der Waals surface area contributed by atoms with Crippen molar-refractivity contribution >= 4 is 20.9 Å². The van der Waals surface area contributed by atoms with Crippen LogP contribution in [0.3, 0.4) is 0 Å². The van der Waals surface area contributed by atoms with Crippen LogP contribution in [0.15, 0.2) is 35.2 Å². The predicted molar refractivity (Wildman–Crippen MR) is 51.7 cm³/mol. The van der Waals surface area contributed by atoms with Gasteiger partial charge in [-0.15, -0.1) is 0 Å². The molecule has 0 fully saturated rings. The number of benzene rings is 3. The Morgan fingerprint density at radius 2 is 1.62 bits per heavy atom. The number of hydrogen-bond donors (Lipinski definition) is 1. The van der Waals surface area contributed by atoms with E-state index in [0.717, 1.165) is 5.39 Å². The third-order valence-corrected chi connectivity index (χ3v) is 2.68. The van der Waals surface area contributed by atoms with Crippen LogP contribution in [0, 0.1) is 0 Å². The van der Waals surface area contributed by atoms with E-state index in [4.69, 9.17) is 4.55 Å². The smallest absolute Gasteiger partial charge is 0.282 e. The van der Waals surface area contributed by atoms with Crippen molar-refractivity contribution in [1.82, 2.24) is 0 Å². The molecule has 70 valence electrons. The maximum atomic E-state index is 10.8. The van der Waals surface area contributed by atoms with Crippen LogP contribution < -0.4 is 0 Å². The Balaban J connectivity index is 0.000000845. The summed E-state index contributed by atoms with van der Waals surface area (Å²) in [5, 5.41) is 1.32. The lowest BCUT2D eigenvalue weighted by Crippen LogP contribution is -1.99. The van der Waals surface area contributed by atoms with Gasteiger partial charge in [-0.1, -0.05) is 31.7 Å². The van der Waals surface area contributed by atoms with Crippen molar-refractivity contribution in [3.63, 3.8) is 0 Å². The Bertz CT molecular complexity index is 481. The number of hydrogen-bond acceptors (Lipinski definition) is 2. The third-order valence-electron chi connectivity index (χ3n) is 1.77. The van der Waals surface area contributed by atoms with Crippen molar-refractivity contribution in [2.75, 3.05) is 0 Å². The predicted octanol–water partition coefficient (Wildman–Crippen LogP) is 2.16. The lowest BCUT2D eigenvalue weighted by Gasteiger charge is -2.03. The van der Waals surface area contributed by atoms with E-state index < -0.39 is 10.1 Å². The molecule has 0 aliphatic heterocycles. The van der Waals surface area contributed by atoms with Crippen LogP contribution in [0.5, 0.6) is 0 Å². The molecule has 3 rings (SSSR count). The van der Waals surface area contributed by atoms with Gasteiger partial charge >= 0.3 is 0 Å². The fourth-order valence-electron chi connectivity index (χ4n) is 1.20. The molecule has 3 nitrogen and oxygen atoms in total. The third kappa shape index (κ3) is 1.64. The molecule has 3 aromatic carbocycles. The van der Waals surface area contributed by atoms with Gasteiger partial charge in [0.1, 0.15) is 4.90 Å². The largest absolute Gasteiger partial charge is 0.295 e. The zero-order valence-corrected chi connectivity index (χ0v) is 6.88. The van der Waals surface area contributed by atoms with Crippen molar-refractivity contribution in [3.8, 4) is 0 Å². The van der Waals surface area contributed by atoms with E-state index in [9.17, 15) is 8.42 Å². The molecular formula is C9H10O3S. The molecule has 0 spiro atoms. The zero-order chi connectivity index (χ0) is 8.77. The van der Waals surface area contributed by atoms with E-state index in [-0.39, 0.29) is 12.3 Å². The van der Waals surface area contributed by atoms with Crippen LogP contribution in [0.2, 0.25) is 0 Å². The molecule has 0 saturated heterocycles. The van der Waals surface area contributed by atoms with Crippen LogP contribution in [0.1, 0.15) is 7.43 Å². The van der Waals surface area contributed by atoms with Gasteiger partial charge in [0.25, 0.3) is 10.1 Å². The van der Waals surface area contributed by atoms with E-state index in [1.807, 2.05) is 0 Å². The van der Waals surface area contributed by atoms with Gasteiger partial charge in [-0.25, -0.2) is 0 Å². The highest BCUT2D eigenvalue weighted by Crippen LogP contribution is 2.22. The second-order valence-electron chi connectivity index (χ2n) is 2.61. The Morgan fingerprint density at radius 1 is 1.08 bits per heavy atom. The Kier molecular flexibility index (Phi) is 2.28. The summed E-state index contributed by atoms with van der Waals surface area (Å²) < 4.78 is 30.3. The topological polar surface area (TPSA) is 54.4 Å². The van der Waals surface area contributed by atoms with Crippen molar-refractivity contribution in [2.24, 2.45) is 0 Å². The first kappa shape index (κ1) is 9.95. The maximum Gasteiger partial charge on any atom is 0.295 e. The Labute approximate surface area is 77.1 Å². The minimum absolute atomic E-state index is 0. The van der Waals surface area contributed by atoms with E-state index in [0.29, 0.717) is 5.39 Å². The molecule has 13 heavy (non-hydrogen) atoms. The minimum Gasteiger partial charge on any atom is -0.282 e. The minimum atomic E-state index is -4.06. The zero-order valence-electron chi connectivity index (χ0n) is 6.06. The van der Waals surface area contributed by atoms with Crippen molar-refractivity contribution in [2.45, 2.75) is 12.3 Å². The summed E-state index contributed by atoms with van der Waals surface area (Å²) in [6.45, 7) is 0. The molecule has 0 unspecified atom stereocenters. The van der Waals surface area contributed by atoms with Gasteiger partial charge < -0.3 is 0 Å². The fourth-order valence-corrected chi connectivity index (χ4v) is 1.92. The van der Waals surface area contributed by atoms with Crippen molar-refractivity contribution in [1.29, 1.82) is 0 Å². The lowest BCUT2D eigenvalue weighted by atomic mass is 10.1. The molecule has 0 aliphatic carbocycles. The summed E-state index contributed by atoms with van der Waals surface area (Å²) in [5.74, 6) is 0. The first-order valence-corrected chi connectivity index (χ1v) is 4.81. The van der Waals surface area contributed by atoms with E-state index in [1.165, 1.54) is 6.07 Å². The summed E-state index contributed by atoms with van der Waals surface area (Å²) in [7, 11) is -4.06. The molecule has 0 aliphatic rings. The fraction of sp³-hybridized carbons (Fsp3) is 0.111. The van der Waals surface area contributed by atoms with Gasteiger partial charge in [-0.3, -0.25) is 4.55 Å². The monoisotopic (exact) mass is 198 g/mol. The molecular weight excluding hydrogens is 188 g/mol. The lowest BCUT2D eigenvalue weighted by molar-refractivity contribution is 0.484. The van der Waals surface area contributed by atoms with Gasteiger partial charge in [-0.2, -0.15) is 8.42 Å². The summed E-state index contributed by atoms with van der Waals surface area (Å²) in [4.78, 5) is -0.0116. The first-order valence-electron chi connectivity index (χ1n) is 3.37. The molecule has 0 radical (unpaired) electrons. The highest BCUT2D eigenvalue weighted by Gasteiger charge is 2.12. The normalized spacial score (nSPS) is 11.5. The molecule has 0 aromatic heterocycles. The molecule has 4 heteroatoms. The average molecular weight is 198 g/mol. The van der Waals surface area contributed by atoms with Crippen LogP contribution in [0.25, 0.3) is 10.8 Å². The standard InChI is InChI=1S/C8H6O3S.CH4/c9-12(10,11)8-5-6-1-3-7(8)4-2-6;/h1-5H,(H,9,10,11);1H4. The molecule has 0 amide bonds. The molecule has 3 aromatic rings. The number of rotatable bonds is 1. The summed E-state index contributed by atoms with van der Waals surface area (Å²) in [6.07, 6.45) is 0. The average Bonchev–Trinajstić information content (AvgIpc) is 2.05. The van der Waals surface area contributed by atoms with Gasteiger partial charge in [0, 0.05) is 0 Å². The van der Waals surface area contributed by atoms with E-state index in [1.54, 1.807) is 24.3 Å². The van der Waals surface area contributed by atoms with Crippen molar-refractivity contribution in [3.05, 3.63) is 30.3 Å². The summed E-state index contributed by atoms with van der Waals surface area (Å²) in [5.41, 5.74) is 0. The maximum absolute atomic E-state index is 10.8. The van der Waals surface area contributed by atoms with Crippen LogP contribution in [-0.2, 0) is 10.1 Å². The quantitative estimate of drug-likeness (QED) is 0.714. The van der Waals surface area contributed by atoms with Crippen LogP contribution >= 0.6 is 0 Å². The molecule has 2 bridgehead atoms. The molecule has 0 atom stereocenters. The molecule has 0 saturated carbocycles. The van der Waals surface area contributed by atoms with E-state index >= 15 is 0 Å². The second kappa shape index (κ2) is 2.97. The van der Waals surface area contributed by atoms with Crippen molar-refractivity contribution < 1.29 is 13.0 Å². The highest BCUT2D eigenvalue weighted by molar-refractivity contribution is 7.86. The Morgan fingerprint density at radius 3 is 1.85 bits per heavy atom. The first-order chi connectivity index (χ1) is 5.57. The summed E-state index contributed by atoms with van der Waals surface area (Å²) >= 11 is 0. The molecule has 1 N–H and O–H groups in total. The SMILES string of the molecule is C.O=S(=O)(O)c1cc2ccc1cc2. The van der Waals surface area contributed by atoms with E-state index in [2.05, 4.69) is 0 Å². The van der Waals surface area contributed by atoms with Gasteiger partial charge in [0.05, 0.1) is 0 Å². The second-order valence-corrected chi connectivity index (χ2v) is 4.00. The highest BCUT2D eigenvalue weighted by atomic mass is 32.2. The van der Waals surface area contributed by atoms with Crippen LogP contribution in [-0.4, -0.2) is 13.0 Å². The Hall–Kier alpha value is -1.13. The van der Waals surface area contributed by atoms with Gasteiger partial charge in [0.2, 0.25) is 0 Å². The molecule has 0 heterocycles. The number of fused-ring (bicyclic) bond motifs is 3. The van der Waals surface area contributed by atoms with Gasteiger partial charge in [0.15, 0.2) is 0 Å². The van der Waals surface area contributed by atoms with Crippen LogP contribution in [0.4, 0.5) is 0 Å².